The number of rotatable bonds is 3. The molecule has 1 saturated heterocycles. The van der Waals surface area contributed by atoms with Crippen LogP contribution in [0.4, 0.5) is 10.1 Å². The molecule has 4 aromatic rings. The number of carbonyl (C=O) groups excluding carboxylic acids is 3. The zero-order chi connectivity index (χ0) is 26.9. The van der Waals surface area contributed by atoms with Crippen molar-refractivity contribution in [3.63, 3.8) is 0 Å². The van der Waals surface area contributed by atoms with Gasteiger partial charge >= 0.3 is 0 Å². The van der Waals surface area contributed by atoms with E-state index in [1.165, 1.54) is 12.1 Å². The van der Waals surface area contributed by atoms with Crippen LogP contribution in [0.15, 0.2) is 103 Å². The van der Waals surface area contributed by atoms with Crippen molar-refractivity contribution in [2.45, 2.75) is 18.0 Å². The second-order valence-corrected chi connectivity index (χ2v) is 10.6. The number of ketones is 3. The van der Waals surface area contributed by atoms with Gasteiger partial charge in [-0.25, -0.2) is 4.39 Å². The molecule has 1 spiro atoms. The number of halogens is 2. The number of nitrogens with zero attached hydrogens (tertiary/aromatic N) is 1. The number of hydrogen-bond acceptors (Lipinski definition) is 4. The number of fused-ring (bicyclic) bond motifs is 5. The Kier molecular flexibility index (Phi) is 5.23. The SMILES string of the molecule is O=C(c1ccc(Cl)cc1)C1C(c2ccccc2)C2(C(=O)c3ccccc3C2=O)C2C=Cc3cc(F)ccc3N12. The van der Waals surface area contributed by atoms with Crippen molar-refractivity contribution in [2.75, 3.05) is 4.90 Å². The minimum atomic E-state index is -1.58. The molecule has 0 aromatic heterocycles. The molecular weight excluding hydrogens is 513 g/mol. The molecule has 3 aliphatic rings. The first-order valence-corrected chi connectivity index (χ1v) is 13.1. The largest absolute Gasteiger partial charge is 0.352 e. The zero-order valence-corrected chi connectivity index (χ0v) is 21.3. The highest BCUT2D eigenvalue weighted by molar-refractivity contribution is 6.32. The monoisotopic (exact) mass is 533 g/mol. The van der Waals surface area contributed by atoms with Crippen molar-refractivity contribution >= 4 is 40.7 Å². The summed E-state index contributed by atoms with van der Waals surface area (Å²) in [6, 6.07) is 25.5. The van der Waals surface area contributed by atoms with E-state index < -0.39 is 29.2 Å². The fraction of sp³-hybridized carbons (Fsp3) is 0.121. The van der Waals surface area contributed by atoms with Gasteiger partial charge in [0, 0.05) is 38.9 Å². The Labute approximate surface area is 229 Å². The molecule has 0 amide bonds. The van der Waals surface area contributed by atoms with E-state index in [0.29, 0.717) is 38.5 Å². The Bertz CT molecular complexity index is 1680. The average Bonchev–Trinajstić information content (AvgIpc) is 3.39. The maximum atomic E-state index is 14.5. The van der Waals surface area contributed by atoms with Crippen LogP contribution >= 0.6 is 11.6 Å². The molecule has 3 unspecified atom stereocenters. The lowest BCUT2D eigenvalue weighted by atomic mass is 9.64. The molecule has 39 heavy (non-hydrogen) atoms. The first kappa shape index (κ1) is 23.7. The van der Waals surface area contributed by atoms with E-state index in [0.717, 1.165) is 0 Å². The first-order chi connectivity index (χ1) is 18.9. The third-order valence-electron chi connectivity index (χ3n) is 8.32. The molecule has 1 aliphatic carbocycles. The predicted octanol–water partition coefficient (Wildman–Crippen LogP) is 6.80. The minimum Gasteiger partial charge on any atom is -0.352 e. The van der Waals surface area contributed by atoms with Gasteiger partial charge in [0.25, 0.3) is 0 Å². The van der Waals surface area contributed by atoms with E-state index in [1.807, 2.05) is 35.2 Å². The molecule has 7 rings (SSSR count). The van der Waals surface area contributed by atoms with E-state index in [2.05, 4.69) is 0 Å². The Morgan fingerprint density at radius 1 is 0.821 bits per heavy atom. The molecule has 4 aromatic carbocycles. The molecule has 0 radical (unpaired) electrons. The van der Waals surface area contributed by atoms with Crippen molar-refractivity contribution in [1.29, 1.82) is 0 Å². The zero-order valence-electron chi connectivity index (χ0n) is 20.6. The van der Waals surface area contributed by atoms with Gasteiger partial charge in [-0.2, -0.15) is 0 Å². The normalized spacial score (nSPS) is 22.1. The number of Topliss-reactive ketones (excluding diaryl/α,β-unsaturated/α-hetero) is 3. The Morgan fingerprint density at radius 3 is 2.13 bits per heavy atom. The summed E-state index contributed by atoms with van der Waals surface area (Å²) >= 11 is 6.13. The average molecular weight is 534 g/mol. The van der Waals surface area contributed by atoms with Gasteiger partial charge in [-0.3, -0.25) is 14.4 Å². The fourth-order valence-corrected chi connectivity index (χ4v) is 6.89. The highest BCUT2D eigenvalue weighted by atomic mass is 35.5. The van der Waals surface area contributed by atoms with E-state index in [9.17, 15) is 18.8 Å². The topological polar surface area (TPSA) is 54.5 Å². The van der Waals surface area contributed by atoms with Crippen LogP contribution < -0.4 is 4.90 Å². The first-order valence-electron chi connectivity index (χ1n) is 12.7. The van der Waals surface area contributed by atoms with Crippen LogP contribution in [0.25, 0.3) is 6.08 Å². The smallest absolute Gasteiger partial charge is 0.185 e. The van der Waals surface area contributed by atoms with E-state index in [4.69, 9.17) is 11.6 Å². The van der Waals surface area contributed by atoms with Crippen LogP contribution in [0.1, 0.15) is 48.1 Å². The van der Waals surface area contributed by atoms with Crippen LogP contribution in [-0.4, -0.2) is 29.4 Å². The standard InChI is InChI=1S/C33H21ClFNO3/c34-22-13-10-20(11-14-22)30(37)29-28(19-6-2-1-3-7-19)33(31(38)24-8-4-5-9-25(24)32(33)39)27-17-12-21-18-23(35)15-16-26(21)36(27)29/h1-18,27-29H. The van der Waals surface area contributed by atoms with Crippen LogP contribution in [0.2, 0.25) is 5.02 Å². The second-order valence-electron chi connectivity index (χ2n) is 10.2. The highest BCUT2D eigenvalue weighted by Gasteiger charge is 2.71. The summed E-state index contributed by atoms with van der Waals surface area (Å²) in [6.07, 6.45) is 3.54. The quantitative estimate of drug-likeness (QED) is 0.215. The molecule has 0 saturated carbocycles. The summed E-state index contributed by atoms with van der Waals surface area (Å²) in [6.45, 7) is 0. The van der Waals surface area contributed by atoms with Gasteiger partial charge in [-0.05, 0) is 48.0 Å². The maximum Gasteiger partial charge on any atom is 0.185 e. The van der Waals surface area contributed by atoms with Crippen LogP contribution in [-0.2, 0) is 0 Å². The summed E-state index contributed by atoms with van der Waals surface area (Å²) < 4.78 is 14.3. The molecule has 0 bridgehead atoms. The maximum absolute atomic E-state index is 14.5. The molecule has 6 heteroatoms. The molecule has 2 aliphatic heterocycles. The second kappa shape index (κ2) is 8.58. The van der Waals surface area contributed by atoms with Gasteiger partial charge in [0.1, 0.15) is 17.3 Å². The van der Waals surface area contributed by atoms with Crippen LogP contribution in [0.3, 0.4) is 0 Å². The van der Waals surface area contributed by atoms with Crippen molar-refractivity contribution in [2.24, 2.45) is 5.41 Å². The Hall–Kier alpha value is -4.35. The van der Waals surface area contributed by atoms with Crippen molar-refractivity contribution in [1.82, 2.24) is 0 Å². The van der Waals surface area contributed by atoms with Gasteiger partial charge in [0.05, 0.1) is 6.04 Å². The minimum absolute atomic E-state index is 0.246. The third-order valence-corrected chi connectivity index (χ3v) is 8.57. The van der Waals surface area contributed by atoms with Crippen LogP contribution in [0, 0.1) is 11.2 Å². The lowest BCUT2D eigenvalue weighted by Crippen LogP contribution is -2.48. The van der Waals surface area contributed by atoms with Crippen molar-refractivity contribution in [3.05, 3.63) is 142 Å². The summed E-state index contributed by atoms with van der Waals surface area (Å²) in [7, 11) is 0. The number of hydrogen-bond donors (Lipinski definition) is 0. The summed E-state index contributed by atoms with van der Waals surface area (Å²) in [5.41, 5.74) is 1.45. The van der Waals surface area contributed by atoms with Crippen molar-refractivity contribution in [3.8, 4) is 0 Å². The molecule has 0 N–H and O–H groups in total. The molecule has 2 heterocycles. The fourth-order valence-electron chi connectivity index (χ4n) is 6.77. The van der Waals surface area contributed by atoms with Gasteiger partial charge in [-0.1, -0.05) is 78.4 Å². The molecule has 1 fully saturated rings. The van der Waals surface area contributed by atoms with Gasteiger partial charge in [0.2, 0.25) is 0 Å². The van der Waals surface area contributed by atoms with Gasteiger partial charge in [0.15, 0.2) is 17.3 Å². The van der Waals surface area contributed by atoms with Gasteiger partial charge in [-0.15, -0.1) is 0 Å². The predicted molar refractivity (Wildman–Crippen MR) is 148 cm³/mol. The molecule has 3 atom stereocenters. The number of anilines is 1. The lowest BCUT2D eigenvalue weighted by Gasteiger charge is -2.37. The molecule has 4 nitrogen and oxygen atoms in total. The highest BCUT2D eigenvalue weighted by Crippen LogP contribution is 2.60. The number of benzene rings is 4. The van der Waals surface area contributed by atoms with E-state index >= 15 is 0 Å². The summed E-state index contributed by atoms with van der Waals surface area (Å²) in [5.74, 6) is -2.06. The Morgan fingerprint density at radius 2 is 1.46 bits per heavy atom. The van der Waals surface area contributed by atoms with E-state index in [1.54, 1.807) is 66.7 Å². The number of carbonyl (C=O) groups is 3. The molecule has 190 valence electrons. The molecular formula is C33H21ClFNO3. The summed E-state index contributed by atoms with van der Waals surface area (Å²) in [5, 5.41) is 0.491. The third kappa shape index (κ3) is 3.20. The summed E-state index contributed by atoms with van der Waals surface area (Å²) in [4.78, 5) is 45.4. The Balaban J connectivity index is 1.54. The van der Waals surface area contributed by atoms with Gasteiger partial charge < -0.3 is 4.90 Å². The van der Waals surface area contributed by atoms with E-state index in [-0.39, 0.29) is 17.3 Å². The van der Waals surface area contributed by atoms with Crippen molar-refractivity contribution < 1.29 is 18.8 Å². The van der Waals surface area contributed by atoms with Crippen LogP contribution in [0.5, 0.6) is 0 Å². The lowest BCUT2D eigenvalue weighted by molar-refractivity contribution is 0.0666.